The van der Waals surface area contributed by atoms with Crippen LogP contribution in [-0.4, -0.2) is 5.11 Å². The fourth-order valence-electron chi connectivity index (χ4n) is 1.82. The summed E-state index contributed by atoms with van der Waals surface area (Å²) in [6.07, 6.45) is 0. The molecule has 0 spiro atoms. The topological polar surface area (TPSA) is 20.2 Å². The average molecular weight is 313 g/mol. The predicted octanol–water partition coefficient (Wildman–Crippen LogP) is 3.98. The van der Waals surface area contributed by atoms with Crippen molar-refractivity contribution in [2.75, 3.05) is 0 Å². The molecule has 1 unspecified atom stereocenters. The third-order valence-electron chi connectivity index (χ3n) is 2.84. The highest BCUT2D eigenvalue weighted by Crippen LogP contribution is 2.32. The number of hydrogen-bond donors (Lipinski definition) is 1. The predicted molar refractivity (Wildman–Crippen MR) is 69.2 cm³/mol. The summed E-state index contributed by atoms with van der Waals surface area (Å²) in [4.78, 5) is 0. The maximum absolute atomic E-state index is 13.8. The Hall–Kier alpha value is -1.26. The molecule has 0 radical (unpaired) electrons. The molecule has 0 aromatic heterocycles. The highest BCUT2D eigenvalue weighted by molar-refractivity contribution is 9.10. The van der Waals surface area contributed by atoms with Crippen LogP contribution >= 0.6 is 15.9 Å². The van der Waals surface area contributed by atoms with E-state index in [-0.39, 0.29) is 5.56 Å². The normalized spacial score (nSPS) is 14.3. The zero-order valence-corrected chi connectivity index (χ0v) is 11.2. The molecule has 2 rings (SSSR count). The molecule has 0 bridgehead atoms. The summed E-state index contributed by atoms with van der Waals surface area (Å²) in [6.45, 7) is 1.44. The van der Waals surface area contributed by atoms with E-state index in [1.165, 1.54) is 37.3 Å². The summed E-state index contributed by atoms with van der Waals surface area (Å²) in [5, 5.41) is 10.5. The van der Waals surface area contributed by atoms with Gasteiger partial charge in [0.2, 0.25) is 0 Å². The minimum Gasteiger partial charge on any atom is -0.381 e. The first-order valence-corrected chi connectivity index (χ1v) is 6.14. The third-order valence-corrected chi connectivity index (χ3v) is 3.33. The Kier molecular flexibility index (Phi) is 3.50. The Morgan fingerprint density at radius 2 is 1.83 bits per heavy atom. The minimum atomic E-state index is -1.59. The van der Waals surface area contributed by atoms with E-state index in [9.17, 15) is 13.9 Å². The van der Waals surface area contributed by atoms with Crippen LogP contribution in [0.25, 0.3) is 0 Å². The molecule has 0 saturated heterocycles. The van der Waals surface area contributed by atoms with Gasteiger partial charge in [0, 0.05) is 10.0 Å². The highest BCUT2D eigenvalue weighted by atomic mass is 79.9. The zero-order chi connectivity index (χ0) is 13.3. The van der Waals surface area contributed by atoms with Crippen molar-refractivity contribution in [1.82, 2.24) is 0 Å². The van der Waals surface area contributed by atoms with Gasteiger partial charge in [0.15, 0.2) is 0 Å². The summed E-state index contributed by atoms with van der Waals surface area (Å²) in [7, 11) is 0. The van der Waals surface area contributed by atoms with E-state index in [4.69, 9.17) is 0 Å². The summed E-state index contributed by atoms with van der Waals surface area (Å²) in [5.41, 5.74) is -1.18. The molecule has 0 fully saturated rings. The van der Waals surface area contributed by atoms with Gasteiger partial charge in [-0.05, 0) is 42.8 Å². The molecule has 0 aliphatic rings. The van der Waals surface area contributed by atoms with E-state index in [0.29, 0.717) is 10.0 Å². The zero-order valence-electron chi connectivity index (χ0n) is 9.62. The molecule has 0 heterocycles. The molecular formula is C14H11BrF2O. The largest absolute Gasteiger partial charge is 0.381 e. The number of rotatable bonds is 2. The van der Waals surface area contributed by atoms with Crippen LogP contribution in [0.15, 0.2) is 46.9 Å². The Morgan fingerprint density at radius 1 is 1.11 bits per heavy atom. The summed E-state index contributed by atoms with van der Waals surface area (Å²) in [5.74, 6) is -1.00. The van der Waals surface area contributed by atoms with Crippen molar-refractivity contribution in [1.29, 1.82) is 0 Å². The van der Waals surface area contributed by atoms with Gasteiger partial charge in [-0.3, -0.25) is 0 Å². The summed E-state index contributed by atoms with van der Waals surface area (Å²) >= 11 is 3.22. The Labute approximate surface area is 112 Å². The molecule has 0 amide bonds. The second-order valence-electron chi connectivity index (χ2n) is 4.21. The molecule has 1 atom stereocenters. The lowest BCUT2D eigenvalue weighted by Gasteiger charge is -2.25. The molecule has 0 saturated carbocycles. The van der Waals surface area contributed by atoms with Crippen LogP contribution in [-0.2, 0) is 5.60 Å². The van der Waals surface area contributed by atoms with Crippen molar-refractivity contribution in [3.05, 3.63) is 69.7 Å². The Balaban J connectivity index is 2.57. The van der Waals surface area contributed by atoms with Gasteiger partial charge < -0.3 is 5.11 Å². The number of halogens is 3. The molecule has 94 valence electrons. The van der Waals surface area contributed by atoms with Crippen molar-refractivity contribution >= 4 is 15.9 Å². The van der Waals surface area contributed by atoms with E-state index in [1.807, 2.05) is 0 Å². The second kappa shape index (κ2) is 4.78. The lowest BCUT2D eigenvalue weighted by atomic mass is 9.88. The van der Waals surface area contributed by atoms with Crippen LogP contribution in [0.4, 0.5) is 8.78 Å². The van der Waals surface area contributed by atoms with Crippen molar-refractivity contribution in [2.24, 2.45) is 0 Å². The van der Waals surface area contributed by atoms with Gasteiger partial charge in [-0.1, -0.05) is 28.1 Å². The van der Waals surface area contributed by atoms with Gasteiger partial charge in [0.05, 0.1) is 0 Å². The first kappa shape index (κ1) is 13.2. The Morgan fingerprint density at radius 3 is 2.50 bits per heavy atom. The summed E-state index contributed by atoms with van der Waals surface area (Å²) < 4.78 is 27.6. The van der Waals surface area contributed by atoms with Gasteiger partial charge in [0.25, 0.3) is 0 Å². The van der Waals surface area contributed by atoms with Crippen LogP contribution in [0.2, 0.25) is 0 Å². The van der Waals surface area contributed by atoms with Crippen LogP contribution < -0.4 is 0 Å². The van der Waals surface area contributed by atoms with Gasteiger partial charge in [-0.2, -0.15) is 0 Å². The molecule has 1 N–H and O–H groups in total. The van der Waals surface area contributed by atoms with Crippen LogP contribution in [0.5, 0.6) is 0 Å². The standard InChI is InChI=1S/C14H11BrF2O/c1-14(18,9-3-2-4-11(16)7-9)12-8-10(15)5-6-13(12)17/h2-8,18H,1H3. The van der Waals surface area contributed by atoms with E-state index in [0.717, 1.165) is 0 Å². The summed E-state index contributed by atoms with van der Waals surface area (Å²) in [6, 6.07) is 9.80. The van der Waals surface area contributed by atoms with Gasteiger partial charge >= 0.3 is 0 Å². The second-order valence-corrected chi connectivity index (χ2v) is 5.12. The molecule has 4 heteroatoms. The average Bonchev–Trinajstić information content (AvgIpc) is 2.32. The quantitative estimate of drug-likeness (QED) is 0.889. The van der Waals surface area contributed by atoms with Crippen molar-refractivity contribution < 1.29 is 13.9 Å². The molecule has 0 aliphatic heterocycles. The first-order valence-electron chi connectivity index (χ1n) is 5.35. The molecule has 2 aromatic rings. The molecule has 18 heavy (non-hydrogen) atoms. The lowest BCUT2D eigenvalue weighted by molar-refractivity contribution is 0.0975. The monoisotopic (exact) mass is 312 g/mol. The maximum atomic E-state index is 13.8. The van der Waals surface area contributed by atoms with E-state index < -0.39 is 17.2 Å². The van der Waals surface area contributed by atoms with Gasteiger partial charge in [-0.15, -0.1) is 0 Å². The van der Waals surface area contributed by atoms with Crippen molar-refractivity contribution in [3.8, 4) is 0 Å². The first-order chi connectivity index (χ1) is 8.41. The van der Waals surface area contributed by atoms with E-state index >= 15 is 0 Å². The fraction of sp³-hybridized carbons (Fsp3) is 0.143. The molecule has 0 aliphatic carbocycles. The number of aliphatic hydroxyl groups is 1. The van der Waals surface area contributed by atoms with Crippen molar-refractivity contribution in [3.63, 3.8) is 0 Å². The van der Waals surface area contributed by atoms with Gasteiger partial charge in [0.1, 0.15) is 17.2 Å². The molecule has 1 nitrogen and oxygen atoms in total. The van der Waals surface area contributed by atoms with Crippen LogP contribution in [0, 0.1) is 11.6 Å². The minimum absolute atomic E-state index is 0.0995. The van der Waals surface area contributed by atoms with Crippen molar-refractivity contribution in [2.45, 2.75) is 12.5 Å². The third kappa shape index (κ3) is 2.44. The van der Waals surface area contributed by atoms with E-state index in [2.05, 4.69) is 15.9 Å². The van der Waals surface area contributed by atoms with Crippen LogP contribution in [0.1, 0.15) is 18.1 Å². The number of benzene rings is 2. The lowest BCUT2D eigenvalue weighted by Crippen LogP contribution is -2.24. The Bertz CT molecular complexity index is 582. The van der Waals surface area contributed by atoms with E-state index in [1.54, 1.807) is 12.1 Å². The highest BCUT2D eigenvalue weighted by Gasteiger charge is 2.29. The fourth-order valence-corrected chi connectivity index (χ4v) is 2.18. The van der Waals surface area contributed by atoms with Crippen LogP contribution in [0.3, 0.4) is 0 Å². The smallest absolute Gasteiger partial charge is 0.129 e. The van der Waals surface area contributed by atoms with Gasteiger partial charge in [-0.25, -0.2) is 8.78 Å². The molecule has 2 aromatic carbocycles. The molecular weight excluding hydrogens is 302 g/mol. The maximum Gasteiger partial charge on any atom is 0.129 e. The SMILES string of the molecule is CC(O)(c1cccc(F)c1)c1cc(Br)ccc1F. The number of hydrogen-bond acceptors (Lipinski definition) is 1.